The first kappa shape index (κ1) is 22.1. The number of nitrogens with two attached hydrogens (primary N) is 1. The Morgan fingerprint density at radius 2 is 1.94 bits per heavy atom. The topological polar surface area (TPSA) is 122 Å². The normalized spacial score (nSPS) is 14.8. The van der Waals surface area contributed by atoms with Gasteiger partial charge in [0.2, 0.25) is 0 Å². The van der Waals surface area contributed by atoms with Crippen molar-refractivity contribution in [1.29, 1.82) is 0 Å². The molecule has 0 saturated heterocycles. The van der Waals surface area contributed by atoms with E-state index in [0.717, 1.165) is 35.1 Å². The maximum Gasteiger partial charge on any atom is 0.270 e. The molecule has 1 aliphatic rings. The summed E-state index contributed by atoms with van der Waals surface area (Å²) in [4.78, 5) is 33.3. The minimum Gasteiger partial charge on any atom is -0.347 e. The van der Waals surface area contributed by atoms with E-state index < -0.39 is 5.91 Å². The molecule has 0 bridgehead atoms. The molecule has 4 N–H and O–H groups in total. The molecule has 0 saturated carbocycles. The number of rotatable bonds is 6. The molecule has 1 unspecified atom stereocenters. The number of aryl methyl sites for hydroxylation is 2. The van der Waals surface area contributed by atoms with Gasteiger partial charge in [-0.2, -0.15) is 5.10 Å². The molecule has 168 valence electrons. The third-order valence-corrected chi connectivity index (χ3v) is 5.58. The summed E-state index contributed by atoms with van der Waals surface area (Å²) in [6.45, 7) is 1.87. The number of hydrogen-bond acceptors (Lipinski definition) is 6. The molecule has 0 radical (unpaired) electrons. The molecule has 8 nitrogen and oxygen atoms in total. The third-order valence-electron chi connectivity index (χ3n) is 5.58. The van der Waals surface area contributed by atoms with Gasteiger partial charge >= 0.3 is 0 Å². The number of benzene rings is 2. The second-order valence-electron chi connectivity index (χ2n) is 7.86. The number of aromatic nitrogens is 2. The van der Waals surface area contributed by atoms with E-state index in [1.807, 2.05) is 18.2 Å². The summed E-state index contributed by atoms with van der Waals surface area (Å²) in [6, 6.07) is 11.7. The molecular formula is C24H23FN6O2. The molecule has 33 heavy (non-hydrogen) atoms. The zero-order valence-corrected chi connectivity index (χ0v) is 18.0. The fourth-order valence-corrected chi connectivity index (χ4v) is 3.88. The maximum atomic E-state index is 13.4. The molecule has 0 aliphatic heterocycles. The minimum atomic E-state index is -0.450. The molecule has 1 aliphatic carbocycles. The first-order valence-corrected chi connectivity index (χ1v) is 10.5. The number of nitrogens with zero attached hydrogens (tertiary/aromatic N) is 3. The lowest BCUT2D eigenvalue weighted by Gasteiger charge is -2.14. The van der Waals surface area contributed by atoms with Crippen molar-refractivity contribution in [2.45, 2.75) is 32.4 Å². The Morgan fingerprint density at radius 3 is 2.70 bits per heavy atom. The second-order valence-corrected chi connectivity index (χ2v) is 7.86. The Balaban J connectivity index is 1.41. The van der Waals surface area contributed by atoms with Gasteiger partial charge in [-0.05, 0) is 59.7 Å². The van der Waals surface area contributed by atoms with E-state index in [0.29, 0.717) is 5.56 Å². The Kier molecular flexibility index (Phi) is 6.39. The Hall–Kier alpha value is -4.14. The van der Waals surface area contributed by atoms with Crippen molar-refractivity contribution < 1.29 is 14.0 Å². The minimum absolute atomic E-state index is 0.0755. The number of hydrazone groups is 1. The first-order valence-electron chi connectivity index (χ1n) is 10.5. The van der Waals surface area contributed by atoms with Gasteiger partial charge in [0.1, 0.15) is 23.5 Å². The summed E-state index contributed by atoms with van der Waals surface area (Å²) in [7, 11) is 0. The van der Waals surface area contributed by atoms with E-state index in [1.165, 1.54) is 18.5 Å². The van der Waals surface area contributed by atoms with E-state index in [9.17, 15) is 14.0 Å². The number of amides is 2. The second kappa shape index (κ2) is 9.56. The van der Waals surface area contributed by atoms with Crippen LogP contribution in [0.3, 0.4) is 0 Å². The highest BCUT2D eigenvalue weighted by molar-refractivity contribution is 5.97. The van der Waals surface area contributed by atoms with E-state index >= 15 is 0 Å². The Bertz CT molecular complexity index is 1240. The lowest BCUT2D eigenvalue weighted by atomic mass is 10.0. The smallest absolute Gasteiger partial charge is 0.270 e. The van der Waals surface area contributed by atoms with Gasteiger partial charge in [0.15, 0.2) is 0 Å². The molecule has 0 fully saturated rings. The standard InChI is InChI=1S/C24H23FN6O2/c1-14-8-15(3-6-19(14)25)11-27-23(32)21-10-22(29-13-28-21)24(33)31-20-7-4-17-9-16(12-30-26)2-5-18(17)20/h2-3,5-6,8-10,12-13,20H,4,7,11,26H2,1H3,(H,27,32)(H,31,33)/b30-12+. The Labute approximate surface area is 190 Å². The predicted octanol–water partition coefficient (Wildman–Crippen LogP) is 2.56. The van der Waals surface area contributed by atoms with Crippen molar-refractivity contribution in [3.8, 4) is 0 Å². The fourth-order valence-electron chi connectivity index (χ4n) is 3.88. The number of nitrogens with one attached hydrogen (secondary N) is 2. The maximum absolute atomic E-state index is 13.4. The van der Waals surface area contributed by atoms with Gasteiger partial charge in [-0.15, -0.1) is 0 Å². The van der Waals surface area contributed by atoms with Gasteiger partial charge in [0.05, 0.1) is 12.3 Å². The summed E-state index contributed by atoms with van der Waals surface area (Å²) in [5.74, 6) is 4.08. The SMILES string of the molecule is Cc1cc(CNC(=O)c2cc(C(=O)NC3CCc4cc(/C=N/N)ccc43)ncn2)ccc1F. The molecule has 3 aromatic rings. The van der Waals surface area contributed by atoms with Crippen LogP contribution in [0.15, 0.2) is 53.9 Å². The molecule has 0 spiro atoms. The summed E-state index contributed by atoms with van der Waals surface area (Å²) in [5, 5.41) is 9.25. The van der Waals surface area contributed by atoms with E-state index in [-0.39, 0.29) is 35.7 Å². The molecule has 2 amide bonds. The molecular weight excluding hydrogens is 423 g/mol. The summed E-state index contributed by atoms with van der Waals surface area (Å²) in [6.07, 6.45) is 4.36. The summed E-state index contributed by atoms with van der Waals surface area (Å²) in [5.41, 5.74) is 4.52. The highest BCUT2D eigenvalue weighted by atomic mass is 19.1. The van der Waals surface area contributed by atoms with Crippen LogP contribution in [0.2, 0.25) is 0 Å². The number of hydrogen-bond donors (Lipinski definition) is 3. The van der Waals surface area contributed by atoms with Gasteiger partial charge in [-0.1, -0.05) is 24.3 Å². The molecule has 9 heteroatoms. The van der Waals surface area contributed by atoms with Gasteiger partial charge in [-0.25, -0.2) is 14.4 Å². The predicted molar refractivity (Wildman–Crippen MR) is 121 cm³/mol. The van der Waals surface area contributed by atoms with Gasteiger partial charge < -0.3 is 16.5 Å². The van der Waals surface area contributed by atoms with Crippen LogP contribution >= 0.6 is 0 Å². The third kappa shape index (κ3) is 5.03. The highest BCUT2D eigenvalue weighted by Gasteiger charge is 2.25. The first-order chi connectivity index (χ1) is 15.9. The van der Waals surface area contributed by atoms with Crippen molar-refractivity contribution in [2.24, 2.45) is 10.9 Å². The van der Waals surface area contributed by atoms with Crippen molar-refractivity contribution in [3.63, 3.8) is 0 Å². The summed E-state index contributed by atoms with van der Waals surface area (Å²) >= 11 is 0. The zero-order chi connectivity index (χ0) is 23.4. The van der Waals surface area contributed by atoms with Crippen molar-refractivity contribution in [1.82, 2.24) is 20.6 Å². The molecule has 1 heterocycles. The van der Waals surface area contributed by atoms with Crippen LogP contribution < -0.4 is 16.5 Å². The summed E-state index contributed by atoms with van der Waals surface area (Å²) < 4.78 is 13.4. The Morgan fingerprint density at radius 1 is 1.15 bits per heavy atom. The van der Waals surface area contributed by atoms with Crippen LogP contribution in [0.1, 0.15) is 61.3 Å². The van der Waals surface area contributed by atoms with Crippen molar-refractivity contribution in [3.05, 3.63) is 93.8 Å². The molecule has 4 rings (SSSR count). The molecule has 1 aromatic heterocycles. The highest BCUT2D eigenvalue weighted by Crippen LogP contribution is 2.31. The lowest BCUT2D eigenvalue weighted by Crippen LogP contribution is -2.29. The lowest BCUT2D eigenvalue weighted by molar-refractivity contribution is 0.0931. The van der Waals surface area contributed by atoms with E-state index in [4.69, 9.17) is 5.84 Å². The number of carbonyl (C=O) groups excluding carboxylic acids is 2. The van der Waals surface area contributed by atoms with Crippen LogP contribution in [0.4, 0.5) is 4.39 Å². The van der Waals surface area contributed by atoms with Crippen LogP contribution in [0.5, 0.6) is 0 Å². The van der Waals surface area contributed by atoms with Gasteiger partial charge in [0, 0.05) is 12.6 Å². The van der Waals surface area contributed by atoms with Crippen LogP contribution in [-0.4, -0.2) is 28.0 Å². The van der Waals surface area contributed by atoms with Gasteiger partial charge in [0.25, 0.3) is 11.8 Å². The van der Waals surface area contributed by atoms with Crippen LogP contribution in [0, 0.1) is 12.7 Å². The molecule has 2 aromatic carbocycles. The number of fused-ring (bicyclic) bond motifs is 1. The van der Waals surface area contributed by atoms with E-state index in [1.54, 1.807) is 25.3 Å². The largest absolute Gasteiger partial charge is 0.347 e. The zero-order valence-electron chi connectivity index (χ0n) is 18.0. The average molecular weight is 446 g/mol. The van der Waals surface area contributed by atoms with Gasteiger partial charge in [-0.3, -0.25) is 9.59 Å². The van der Waals surface area contributed by atoms with Crippen molar-refractivity contribution >= 4 is 18.0 Å². The van der Waals surface area contributed by atoms with E-state index in [2.05, 4.69) is 25.7 Å². The number of carbonyl (C=O) groups is 2. The average Bonchev–Trinajstić information content (AvgIpc) is 3.21. The monoisotopic (exact) mass is 446 g/mol. The van der Waals surface area contributed by atoms with Crippen LogP contribution in [-0.2, 0) is 13.0 Å². The molecule has 1 atom stereocenters. The fraction of sp³-hybridized carbons (Fsp3) is 0.208. The number of halogens is 1. The quantitative estimate of drug-likeness (QED) is 0.305. The van der Waals surface area contributed by atoms with Crippen molar-refractivity contribution in [2.75, 3.05) is 0 Å². The van der Waals surface area contributed by atoms with Crippen LogP contribution in [0.25, 0.3) is 0 Å².